The molecule has 1 aromatic carbocycles. The molecule has 0 heterocycles. The Labute approximate surface area is 72.6 Å². The standard InChI is InChI=1S/C8H7F3O2/c1-13-7-3-5(8(9,10)11)2-6(12)4-7/h2-4,12H,1H3. The van der Waals surface area contributed by atoms with Crippen molar-refractivity contribution in [2.75, 3.05) is 7.11 Å². The topological polar surface area (TPSA) is 29.5 Å². The summed E-state index contributed by atoms with van der Waals surface area (Å²) in [7, 11) is 1.23. The number of phenolic OH excluding ortho intramolecular Hbond substituents is 1. The van der Waals surface area contributed by atoms with E-state index in [-0.39, 0.29) is 5.75 Å². The highest BCUT2D eigenvalue weighted by molar-refractivity contribution is 5.38. The molecule has 0 aliphatic rings. The van der Waals surface area contributed by atoms with Crippen LogP contribution >= 0.6 is 0 Å². The monoisotopic (exact) mass is 192 g/mol. The van der Waals surface area contributed by atoms with Gasteiger partial charge in [-0.3, -0.25) is 0 Å². The van der Waals surface area contributed by atoms with Crippen molar-refractivity contribution in [3.05, 3.63) is 23.8 Å². The molecule has 0 spiro atoms. The molecule has 0 fully saturated rings. The first-order valence-corrected chi connectivity index (χ1v) is 3.38. The van der Waals surface area contributed by atoms with Gasteiger partial charge in [0.2, 0.25) is 0 Å². The highest BCUT2D eigenvalue weighted by Gasteiger charge is 2.31. The Bertz CT molecular complexity index is 307. The van der Waals surface area contributed by atoms with Crippen LogP contribution in [0.1, 0.15) is 5.56 Å². The average molecular weight is 192 g/mol. The molecule has 0 aliphatic carbocycles. The molecule has 0 amide bonds. The molecule has 0 saturated carbocycles. The van der Waals surface area contributed by atoms with E-state index in [0.717, 1.165) is 12.1 Å². The van der Waals surface area contributed by atoms with Gasteiger partial charge in [-0.25, -0.2) is 0 Å². The maximum atomic E-state index is 12.1. The van der Waals surface area contributed by atoms with Gasteiger partial charge in [0.05, 0.1) is 12.7 Å². The molecular formula is C8H7F3O2. The molecule has 2 nitrogen and oxygen atoms in total. The average Bonchev–Trinajstić information content (AvgIpc) is 2.01. The third kappa shape index (κ3) is 2.27. The quantitative estimate of drug-likeness (QED) is 0.740. The molecule has 0 unspecified atom stereocenters. The second kappa shape index (κ2) is 3.16. The van der Waals surface area contributed by atoms with Gasteiger partial charge in [0.25, 0.3) is 0 Å². The zero-order chi connectivity index (χ0) is 10.1. The van der Waals surface area contributed by atoms with E-state index in [1.807, 2.05) is 0 Å². The number of phenols is 1. The number of benzene rings is 1. The zero-order valence-electron chi connectivity index (χ0n) is 6.72. The fourth-order valence-electron chi connectivity index (χ4n) is 0.865. The second-order valence-corrected chi connectivity index (χ2v) is 2.42. The number of alkyl halides is 3. The smallest absolute Gasteiger partial charge is 0.416 e. The first-order chi connectivity index (χ1) is 5.93. The van der Waals surface area contributed by atoms with Gasteiger partial charge in [0, 0.05) is 6.07 Å². The van der Waals surface area contributed by atoms with Crippen molar-refractivity contribution in [2.24, 2.45) is 0 Å². The van der Waals surface area contributed by atoms with Gasteiger partial charge in [0.15, 0.2) is 0 Å². The van der Waals surface area contributed by atoms with Gasteiger partial charge in [-0.15, -0.1) is 0 Å². The summed E-state index contributed by atoms with van der Waals surface area (Å²) in [4.78, 5) is 0. The maximum absolute atomic E-state index is 12.1. The number of ether oxygens (including phenoxy) is 1. The predicted molar refractivity (Wildman–Crippen MR) is 39.7 cm³/mol. The van der Waals surface area contributed by atoms with Crippen molar-refractivity contribution in [1.29, 1.82) is 0 Å². The number of rotatable bonds is 1. The lowest BCUT2D eigenvalue weighted by Gasteiger charge is -2.08. The Balaban J connectivity index is 3.16. The van der Waals surface area contributed by atoms with Crippen LogP contribution < -0.4 is 4.74 Å². The fraction of sp³-hybridized carbons (Fsp3) is 0.250. The van der Waals surface area contributed by atoms with E-state index in [4.69, 9.17) is 5.11 Å². The van der Waals surface area contributed by atoms with E-state index < -0.39 is 17.5 Å². The number of halogens is 3. The highest BCUT2D eigenvalue weighted by Crippen LogP contribution is 2.34. The summed E-state index contributed by atoms with van der Waals surface area (Å²) >= 11 is 0. The summed E-state index contributed by atoms with van der Waals surface area (Å²) in [6.07, 6.45) is -4.47. The van der Waals surface area contributed by atoms with Crippen molar-refractivity contribution in [1.82, 2.24) is 0 Å². The molecule has 1 N–H and O–H groups in total. The molecule has 0 bridgehead atoms. The SMILES string of the molecule is COc1cc(O)cc(C(F)(F)F)c1. The van der Waals surface area contributed by atoms with Crippen LogP contribution in [0.3, 0.4) is 0 Å². The minimum absolute atomic E-state index is 0.0210. The van der Waals surface area contributed by atoms with Crippen molar-refractivity contribution in [2.45, 2.75) is 6.18 Å². The fourth-order valence-corrected chi connectivity index (χ4v) is 0.865. The Kier molecular flexibility index (Phi) is 2.36. The third-order valence-electron chi connectivity index (χ3n) is 1.45. The molecule has 0 saturated heterocycles. The summed E-state index contributed by atoms with van der Waals surface area (Å²) in [5.41, 5.74) is -0.927. The Morgan fingerprint density at radius 1 is 1.23 bits per heavy atom. The number of aromatic hydroxyl groups is 1. The number of methoxy groups -OCH3 is 1. The van der Waals surface area contributed by atoms with Gasteiger partial charge in [-0.05, 0) is 12.1 Å². The van der Waals surface area contributed by atoms with Gasteiger partial charge in [-0.1, -0.05) is 0 Å². The summed E-state index contributed by atoms with van der Waals surface area (Å²) < 4.78 is 40.9. The molecule has 0 aliphatic heterocycles. The Morgan fingerprint density at radius 2 is 1.85 bits per heavy atom. The van der Waals surface area contributed by atoms with Gasteiger partial charge in [-0.2, -0.15) is 13.2 Å². The molecular weight excluding hydrogens is 185 g/mol. The highest BCUT2D eigenvalue weighted by atomic mass is 19.4. The van der Waals surface area contributed by atoms with Crippen molar-refractivity contribution in [3.63, 3.8) is 0 Å². The first-order valence-electron chi connectivity index (χ1n) is 3.38. The largest absolute Gasteiger partial charge is 0.508 e. The van der Waals surface area contributed by atoms with Crippen LogP contribution in [-0.4, -0.2) is 12.2 Å². The minimum Gasteiger partial charge on any atom is -0.508 e. The van der Waals surface area contributed by atoms with Crippen LogP contribution in [0.25, 0.3) is 0 Å². The molecule has 0 aromatic heterocycles. The number of hydrogen-bond donors (Lipinski definition) is 1. The van der Waals surface area contributed by atoms with Crippen LogP contribution in [0.4, 0.5) is 13.2 Å². The molecule has 0 atom stereocenters. The van der Waals surface area contributed by atoms with Crippen LogP contribution in [0.15, 0.2) is 18.2 Å². The van der Waals surface area contributed by atoms with E-state index in [2.05, 4.69) is 4.74 Å². The van der Waals surface area contributed by atoms with Gasteiger partial charge < -0.3 is 9.84 Å². The van der Waals surface area contributed by atoms with E-state index >= 15 is 0 Å². The molecule has 1 aromatic rings. The molecule has 5 heteroatoms. The van der Waals surface area contributed by atoms with Gasteiger partial charge >= 0.3 is 6.18 Å². The van der Waals surface area contributed by atoms with Crippen LogP contribution in [0.5, 0.6) is 11.5 Å². The molecule has 0 radical (unpaired) electrons. The van der Waals surface area contributed by atoms with Crippen LogP contribution in [-0.2, 0) is 6.18 Å². The predicted octanol–water partition coefficient (Wildman–Crippen LogP) is 2.42. The van der Waals surface area contributed by atoms with Crippen LogP contribution in [0.2, 0.25) is 0 Å². The van der Waals surface area contributed by atoms with E-state index in [1.54, 1.807) is 0 Å². The normalized spacial score (nSPS) is 11.4. The summed E-state index contributed by atoms with van der Waals surface area (Å²) in [5, 5.41) is 8.91. The minimum atomic E-state index is -4.47. The lowest BCUT2D eigenvalue weighted by molar-refractivity contribution is -0.137. The van der Waals surface area contributed by atoms with Crippen molar-refractivity contribution < 1.29 is 23.0 Å². The van der Waals surface area contributed by atoms with E-state index in [1.165, 1.54) is 7.11 Å². The third-order valence-corrected chi connectivity index (χ3v) is 1.45. The summed E-state index contributed by atoms with van der Waals surface area (Å²) in [6, 6.07) is 2.57. The van der Waals surface area contributed by atoms with Crippen molar-refractivity contribution >= 4 is 0 Å². The first kappa shape index (κ1) is 9.70. The van der Waals surface area contributed by atoms with E-state index in [0.29, 0.717) is 6.07 Å². The maximum Gasteiger partial charge on any atom is 0.416 e. The van der Waals surface area contributed by atoms with Crippen LogP contribution in [0, 0.1) is 0 Å². The van der Waals surface area contributed by atoms with Crippen molar-refractivity contribution in [3.8, 4) is 11.5 Å². The molecule has 13 heavy (non-hydrogen) atoms. The molecule has 1 rings (SSSR count). The van der Waals surface area contributed by atoms with E-state index in [9.17, 15) is 13.2 Å². The summed E-state index contributed by atoms with van der Waals surface area (Å²) in [6.45, 7) is 0. The Morgan fingerprint density at radius 3 is 2.31 bits per heavy atom. The summed E-state index contributed by atoms with van der Waals surface area (Å²) in [5.74, 6) is -0.487. The number of hydrogen-bond acceptors (Lipinski definition) is 2. The zero-order valence-corrected chi connectivity index (χ0v) is 6.72. The molecule has 72 valence electrons. The Hall–Kier alpha value is -1.39. The second-order valence-electron chi connectivity index (χ2n) is 2.42. The lowest BCUT2D eigenvalue weighted by atomic mass is 10.2. The van der Waals surface area contributed by atoms with Gasteiger partial charge in [0.1, 0.15) is 11.5 Å². The lowest BCUT2D eigenvalue weighted by Crippen LogP contribution is -2.04.